The van der Waals surface area contributed by atoms with E-state index in [9.17, 15) is 4.79 Å². The van der Waals surface area contributed by atoms with Crippen LogP contribution in [0.5, 0.6) is 0 Å². The third-order valence-corrected chi connectivity index (χ3v) is 3.51. The van der Waals surface area contributed by atoms with E-state index in [1.165, 1.54) is 0 Å². The van der Waals surface area contributed by atoms with E-state index < -0.39 is 5.54 Å². The molecule has 1 unspecified atom stereocenters. The van der Waals surface area contributed by atoms with Gasteiger partial charge in [-0.15, -0.1) is 0 Å². The lowest BCUT2D eigenvalue weighted by Gasteiger charge is -2.33. The summed E-state index contributed by atoms with van der Waals surface area (Å²) >= 11 is 0. The van der Waals surface area contributed by atoms with Crippen molar-refractivity contribution in [2.75, 3.05) is 11.9 Å². The van der Waals surface area contributed by atoms with Crippen molar-refractivity contribution in [2.24, 2.45) is 0 Å². The van der Waals surface area contributed by atoms with Crippen LogP contribution in [0.4, 0.5) is 5.69 Å². The molecule has 0 aromatic heterocycles. The Balaban J connectivity index is 2.08. The number of rotatable bonds is 2. The summed E-state index contributed by atoms with van der Waals surface area (Å²) in [4.78, 5) is 12.3. The summed E-state index contributed by atoms with van der Waals surface area (Å²) in [5, 5.41) is 6.34. The molecule has 1 aromatic carbocycles. The second-order valence-corrected chi connectivity index (χ2v) is 4.99. The second-order valence-electron chi connectivity index (χ2n) is 4.99. The number of carbonyl (C=O) groups excluding carboxylic acids is 1. The molecule has 1 fully saturated rings. The Morgan fingerprint density at radius 3 is 2.76 bits per heavy atom. The monoisotopic (exact) mass is 232 g/mol. The SMILES string of the molecule is Cc1ccccc1NC(=O)C1(C)CCCCN1. The molecule has 3 nitrogen and oxygen atoms in total. The second kappa shape index (κ2) is 4.88. The van der Waals surface area contributed by atoms with Gasteiger partial charge in [0.25, 0.3) is 0 Å². The van der Waals surface area contributed by atoms with Crippen molar-refractivity contribution >= 4 is 11.6 Å². The van der Waals surface area contributed by atoms with Crippen LogP contribution in [0, 0.1) is 6.92 Å². The van der Waals surface area contributed by atoms with Gasteiger partial charge in [0, 0.05) is 5.69 Å². The molecule has 1 aliphatic rings. The summed E-state index contributed by atoms with van der Waals surface area (Å²) in [6.07, 6.45) is 3.18. The maximum atomic E-state index is 12.3. The molecule has 2 N–H and O–H groups in total. The van der Waals surface area contributed by atoms with Gasteiger partial charge in [-0.2, -0.15) is 0 Å². The summed E-state index contributed by atoms with van der Waals surface area (Å²) in [6, 6.07) is 7.87. The number of carbonyl (C=O) groups is 1. The Kier molecular flexibility index (Phi) is 3.48. The molecule has 92 valence electrons. The third-order valence-electron chi connectivity index (χ3n) is 3.51. The Labute approximate surface area is 103 Å². The topological polar surface area (TPSA) is 41.1 Å². The number of benzene rings is 1. The van der Waals surface area contributed by atoms with E-state index in [-0.39, 0.29) is 5.91 Å². The first-order chi connectivity index (χ1) is 8.12. The average Bonchev–Trinajstić information content (AvgIpc) is 2.33. The van der Waals surface area contributed by atoms with E-state index in [2.05, 4.69) is 10.6 Å². The van der Waals surface area contributed by atoms with Crippen LogP contribution in [0.2, 0.25) is 0 Å². The normalized spacial score (nSPS) is 24.4. The number of aryl methyl sites for hydroxylation is 1. The summed E-state index contributed by atoms with van der Waals surface area (Å²) in [6.45, 7) is 4.92. The molecule has 0 radical (unpaired) electrons. The number of hydrogen-bond donors (Lipinski definition) is 2. The van der Waals surface area contributed by atoms with E-state index >= 15 is 0 Å². The van der Waals surface area contributed by atoms with E-state index in [0.29, 0.717) is 0 Å². The van der Waals surface area contributed by atoms with Gasteiger partial charge in [0.15, 0.2) is 0 Å². The molecule has 17 heavy (non-hydrogen) atoms. The Bertz CT molecular complexity index is 408. The smallest absolute Gasteiger partial charge is 0.244 e. The fourth-order valence-corrected chi connectivity index (χ4v) is 2.22. The van der Waals surface area contributed by atoms with Gasteiger partial charge in [-0.1, -0.05) is 18.2 Å². The van der Waals surface area contributed by atoms with Crippen molar-refractivity contribution in [1.29, 1.82) is 0 Å². The van der Waals surface area contributed by atoms with Crippen LogP contribution in [0.3, 0.4) is 0 Å². The molecule has 1 heterocycles. The third kappa shape index (κ3) is 2.67. The van der Waals surface area contributed by atoms with Crippen LogP contribution in [-0.4, -0.2) is 18.0 Å². The molecule has 0 bridgehead atoms. The number of para-hydroxylation sites is 1. The van der Waals surface area contributed by atoms with Crippen LogP contribution in [0.25, 0.3) is 0 Å². The molecule has 0 aliphatic carbocycles. The van der Waals surface area contributed by atoms with Crippen molar-refractivity contribution in [1.82, 2.24) is 5.32 Å². The fourth-order valence-electron chi connectivity index (χ4n) is 2.22. The average molecular weight is 232 g/mol. The van der Waals surface area contributed by atoms with Crippen molar-refractivity contribution in [2.45, 2.75) is 38.6 Å². The van der Waals surface area contributed by atoms with Gasteiger partial charge in [-0.25, -0.2) is 0 Å². The molecule has 2 rings (SSSR count). The molecule has 1 saturated heterocycles. The van der Waals surface area contributed by atoms with E-state index in [4.69, 9.17) is 0 Å². The van der Waals surface area contributed by atoms with Crippen LogP contribution in [-0.2, 0) is 4.79 Å². The van der Waals surface area contributed by atoms with E-state index in [1.54, 1.807) is 0 Å². The van der Waals surface area contributed by atoms with Crippen LogP contribution in [0.15, 0.2) is 24.3 Å². The molecule has 3 heteroatoms. The lowest BCUT2D eigenvalue weighted by Crippen LogP contribution is -2.54. The maximum absolute atomic E-state index is 12.3. The van der Waals surface area contributed by atoms with Crippen molar-refractivity contribution in [3.8, 4) is 0 Å². The molecule has 1 aliphatic heterocycles. The van der Waals surface area contributed by atoms with Gasteiger partial charge in [-0.05, 0) is 51.3 Å². The zero-order valence-electron chi connectivity index (χ0n) is 10.5. The molecular weight excluding hydrogens is 212 g/mol. The van der Waals surface area contributed by atoms with Crippen molar-refractivity contribution in [3.05, 3.63) is 29.8 Å². The van der Waals surface area contributed by atoms with Crippen molar-refractivity contribution < 1.29 is 4.79 Å². The fraction of sp³-hybridized carbons (Fsp3) is 0.500. The summed E-state index contributed by atoms with van der Waals surface area (Å²) in [7, 11) is 0. The highest BCUT2D eigenvalue weighted by Crippen LogP contribution is 2.22. The van der Waals surface area contributed by atoms with Gasteiger partial charge in [0.2, 0.25) is 5.91 Å². The first-order valence-corrected chi connectivity index (χ1v) is 6.24. The van der Waals surface area contributed by atoms with Gasteiger partial charge in [0.1, 0.15) is 0 Å². The largest absolute Gasteiger partial charge is 0.324 e. The first-order valence-electron chi connectivity index (χ1n) is 6.24. The lowest BCUT2D eigenvalue weighted by molar-refractivity contribution is -0.122. The minimum absolute atomic E-state index is 0.0755. The quantitative estimate of drug-likeness (QED) is 0.822. The molecule has 1 aromatic rings. The van der Waals surface area contributed by atoms with Gasteiger partial charge < -0.3 is 10.6 Å². The molecular formula is C14H20N2O. The van der Waals surface area contributed by atoms with Gasteiger partial charge in [-0.3, -0.25) is 4.79 Å². The standard InChI is InChI=1S/C14H20N2O/c1-11-7-3-4-8-12(11)16-13(17)14(2)9-5-6-10-15-14/h3-4,7-8,15H,5-6,9-10H2,1-2H3,(H,16,17). The highest BCUT2D eigenvalue weighted by atomic mass is 16.2. The zero-order valence-corrected chi connectivity index (χ0v) is 10.5. The number of hydrogen-bond acceptors (Lipinski definition) is 2. The Morgan fingerprint density at radius 1 is 1.35 bits per heavy atom. The number of anilines is 1. The number of piperidine rings is 1. The van der Waals surface area contributed by atoms with E-state index in [0.717, 1.165) is 37.1 Å². The lowest BCUT2D eigenvalue weighted by atomic mass is 9.90. The molecule has 1 amide bonds. The summed E-state index contributed by atoms with van der Waals surface area (Å²) < 4.78 is 0. The highest BCUT2D eigenvalue weighted by molar-refractivity contribution is 5.98. The van der Waals surface area contributed by atoms with Gasteiger partial charge in [0.05, 0.1) is 5.54 Å². The number of amides is 1. The van der Waals surface area contributed by atoms with Crippen LogP contribution in [0.1, 0.15) is 31.7 Å². The van der Waals surface area contributed by atoms with Crippen LogP contribution >= 0.6 is 0 Å². The summed E-state index contributed by atoms with van der Waals surface area (Å²) in [5.41, 5.74) is 1.59. The predicted octanol–water partition coefficient (Wildman–Crippen LogP) is 2.47. The molecule has 1 atom stereocenters. The summed E-state index contributed by atoms with van der Waals surface area (Å²) in [5.74, 6) is 0.0755. The Hall–Kier alpha value is -1.35. The minimum Gasteiger partial charge on any atom is -0.324 e. The van der Waals surface area contributed by atoms with Crippen molar-refractivity contribution in [3.63, 3.8) is 0 Å². The van der Waals surface area contributed by atoms with Crippen LogP contribution < -0.4 is 10.6 Å². The zero-order chi connectivity index (χ0) is 12.3. The number of nitrogens with one attached hydrogen (secondary N) is 2. The molecule has 0 spiro atoms. The Morgan fingerprint density at radius 2 is 2.12 bits per heavy atom. The highest BCUT2D eigenvalue weighted by Gasteiger charge is 2.34. The van der Waals surface area contributed by atoms with E-state index in [1.807, 2.05) is 38.1 Å². The van der Waals surface area contributed by atoms with Gasteiger partial charge >= 0.3 is 0 Å². The maximum Gasteiger partial charge on any atom is 0.244 e. The predicted molar refractivity (Wildman–Crippen MR) is 70.1 cm³/mol. The minimum atomic E-state index is -0.416. The molecule has 0 saturated carbocycles. The first kappa shape index (κ1) is 12.1.